The average Bonchev–Trinajstić information content (AvgIpc) is 1.90. The zero-order valence-electron chi connectivity index (χ0n) is 5.58. The molecule has 9 heavy (non-hydrogen) atoms. The first-order chi connectivity index (χ1) is 3.93. The summed E-state index contributed by atoms with van der Waals surface area (Å²) in [6, 6.07) is 0. The summed E-state index contributed by atoms with van der Waals surface area (Å²) in [5, 5.41) is 0. The van der Waals surface area contributed by atoms with Crippen LogP contribution in [0.4, 0.5) is 4.70 Å². The number of allylic oxidation sites excluding steroid dienone is 2. The van der Waals surface area contributed by atoms with Gasteiger partial charge in [-0.05, 0) is 19.2 Å². The molecular weight excluding hydrogens is 117 g/mol. The highest BCUT2D eigenvalue weighted by atomic mass is 19.0. The normalized spacial score (nSPS) is 15.4. The Morgan fingerprint density at radius 2 is 2.22 bits per heavy atom. The highest BCUT2D eigenvalue weighted by Gasteiger charge is 1.91. The maximum absolute atomic E-state index is 2.25. The molecule has 1 aliphatic rings. The van der Waals surface area contributed by atoms with Gasteiger partial charge in [0, 0.05) is 13.1 Å². The molecule has 0 aromatic heterocycles. The first-order valence-corrected chi connectivity index (χ1v) is 3.01. The first kappa shape index (κ1) is 8.21. The molecule has 1 rings (SSSR count). The van der Waals surface area contributed by atoms with E-state index in [9.17, 15) is 0 Å². The minimum atomic E-state index is 0. The monoisotopic (exact) mass is 129 g/mol. The van der Waals surface area contributed by atoms with Crippen molar-refractivity contribution in [3.8, 4) is 0 Å². The summed E-state index contributed by atoms with van der Waals surface area (Å²) >= 11 is 0. The second-order valence-corrected chi connectivity index (χ2v) is 1.86. The number of hydrogen-bond donors (Lipinski definition) is 0. The summed E-state index contributed by atoms with van der Waals surface area (Å²) in [6.07, 6.45) is 8.41. The molecule has 0 fully saturated rings. The van der Waals surface area contributed by atoms with Crippen LogP contribution >= 0.6 is 0 Å². The van der Waals surface area contributed by atoms with Gasteiger partial charge in [-0.15, -0.1) is 0 Å². The quantitative estimate of drug-likeness (QED) is 0.519. The molecule has 1 aliphatic heterocycles. The molecule has 52 valence electrons. The van der Waals surface area contributed by atoms with Gasteiger partial charge in [0.2, 0.25) is 0 Å². The Labute approximate surface area is 55.0 Å². The molecule has 0 spiro atoms. The lowest BCUT2D eigenvalue weighted by Crippen LogP contribution is -2.17. The Hall–Kier alpha value is -0.790. The molecule has 0 amide bonds. The minimum Gasteiger partial charge on any atom is -0.374 e. The van der Waals surface area contributed by atoms with Crippen molar-refractivity contribution in [2.75, 3.05) is 13.1 Å². The molecule has 0 N–H and O–H groups in total. The van der Waals surface area contributed by atoms with E-state index < -0.39 is 0 Å². The van der Waals surface area contributed by atoms with Crippen molar-refractivity contribution in [3.63, 3.8) is 0 Å². The van der Waals surface area contributed by atoms with Gasteiger partial charge >= 0.3 is 0 Å². The fourth-order valence-corrected chi connectivity index (χ4v) is 0.742. The second kappa shape index (κ2) is 4.13. The van der Waals surface area contributed by atoms with Crippen LogP contribution in [0.15, 0.2) is 24.4 Å². The van der Waals surface area contributed by atoms with Crippen LogP contribution in [0.5, 0.6) is 0 Å². The van der Waals surface area contributed by atoms with Gasteiger partial charge in [0.25, 0.3) is 0 Å². The average molecular weight is 129 g/mol. The largest absolute Gasteiger partial charge is 0.374 e. The summed E-state index contributed by atoms with van der Waals surface area (Å²) in [4.78, 5) is 2.25. The van der Waals surface area contributed by atoms with E-state index in [4.69, 9.17) is 0 Å². The van der Waals surface area contributed by atoms with Crippen molar-refractivity contribution in [2.24, 2.45) is 0 Å². The Morgan fingerprint density at radius 3 is 2.56 bits per heavy atom. The molecule has 0 unspecified atom stereocenters. The summed E-state index contributed by atoms with van der Waals surface area (Å²) in [6.45, 7) is 4.34. The molecule has 0 aromatic carbocycles. The Balaban J connectivity index is 0.000000640. The van der Waals surface area contributed by atoms with E-state index in [1.165, 1.54) is 0 Å². The number of rotatable bonds is 1. The Kier molecular flexibility index (Phi) is 3.76. The molecule has 0 bridgehead atoms. The van der Waals surface area contributed by atoms with E-state index in [0.29, 0.717) is 0 Å². The van der Waals surface area contributed by atoms with Crippen molar-refractivity contribution in [1.82, 2.24) is 4.90 Å². The fraction of sp³-hybridized carbons (Fsp3) is 0.429. The van der Waals surface area contributed by atoms with E-state index in [2.05, 4.69) is 36.3 Å². The third-order valence-electron chi connectivity index (χ3n) is 1.29. The SMILES string of the molecule is CCN1C=CC=CC1.F. The van der Waals surface area contributed by atoms with E-state index in [0.717, 1.165) is 13.1 Å². The van der Waals surface area contributed by atoms with Gasteiger partial charge in [0.05, 0.1) is 0 Å². The van der Waals surface area contributed by atoms with Gasteiger partial charge in [-0.3, -0.25) is 4.70 Å². The molecule has 0 aromatic rings. The second-order valence-electron chi connectivity index (χ2n) is 1.86. The van der Waals surface area contributed by atoms with Crippen molar-refractivity contribution in [1.29, 1.82) is 0 Å². The molecule has 0 saturated heterocycles. The van der Waals surface area contributed by atoms with Gasteiger partial charge in [0.1, 0.15) is 0 Å². The standard InChI is InChI=1S/C7H11N.FH/c1-2-8-6-4-3-5-7-8;/h3-6H,2,7H2,1H3;1H. The van der Waals surface area contributed by atoms with Crippen LogP contribution in [0.2, 0.25) is 0 Å². The minimum absolute atomic E-state index is 0. The van der Waals surface area contributed by atoms with E-state index >= 15 is 0 Å². The van der Waals surface area contributed by atoms with Gasteiger partial charge in [-0.1, -0.05) is 12.2 Å². The smallest absolute Gasteiger partial charge is 0.0356 e. The van der Waals surface area contributed by atoms with Crippen molar-refractivity contribution < 1.29 is 4.70 Å². The van der Waals surface area contributed by atoms with Crippen molar-refractivity contribution in [3.05, 3.63) is 24.4 Å². The lowest BCUT2D eigenvalue weighted by atomic mass is 10.3. The lowest BCUT2D eigenvalue weighted by molar-refractivity contribution is 0.436. The van der Waals surface area contributed by atoms with Gasteiger partial charge in [-0.2, -0.15) is 0 Å². The van der Waals surface area contributed by atoms with E-state index in [1.807, 2.05) is 0 Å². The van der Waals surface area contributed by atoms with Crippen LogP contribution in [0, 0.1) is 0 Å². The molecule has 1 nitrogen and oxygen atoms in total. The summed E-state index contributed by atoms with van der Waals surface area (Å²) in [7, 11) is 0. The molecular formula is C7H12FN. The number of nitrogens with zero attached hydrogens (tertiary/aromatic N) is 1. The molecule has 0 saturated carbocycles. The van der Waals surface area contributed by atoms with E-state index in [1.54, 1.807) is 0 Å². The highest BCUT2D eigenvalue weighted by Crippen LogP contribution is 1.95. The fourth-order valence-electron chi connectivity index (χ4n) is 0.742. The molecule has 1 heterocycles. The number of halogens is 1. The van der Waals surface area contributed by atoms with Gasteiger partial charge in [-0.25, -0.2) is 0 Å². The number of likely N-dealkylation sites (N-methyl/N-ethyl adjacent to an activating group) is 1. The summed E-state index contributed by atoms with van der Waals surface area (Å²) in [5.41, 5.74) is 0. The van der Waals surface area contributed by atoms with Crippen LogP contribution in [0.25, 0.3) is 0 Å². The zero-order valence-corrected chi connectivity index (χ0v) is 5.58. The summed E-state index contributed by atoms with van der Waals surface area (Å²) in [5.74, 6) is 0. The zero-order chi connectivity index (χ0) is 5.82. The topological polar surface area (TPSA) is 3.24 Å². The molecule has 0 radical (unpaired) electrons. The molecule has 2 heteroatoms. The van der Waals surface area contributed by atoms with Crippen LogP contribution in [-0.4, -0.2) is 18.0 Å². The van der Waals surface area contributed by atoms with Gasteiger partial charge < -0.3 is 4.90 Å². The van der Waals surface area contributed by atoms with Crippen molar-refractivity contribution >= 4 is 0 Å². The first-order valence-electron chi connectivity index (χ1n) is 3.01. The maximum atomic E-state index is 2.25. The Morgan fingerprint density at radius 1 is 1.44 bits per heavy atom. The van der Waals surface area contributed by atoms with Crippen LogP contribution in [0.1, 0.15) is 6.92 Å². The Bertz CT molecular complexity index is 118. The molecule has 0 atom stereocenters. The predicted octanol–water partition coefficient (Wildman–Crippen LogP) is 1.54. The number of hydrogen-bond acceptors (Lipinski definition) is 1. The van der Waals surface area contributed by atoms with Gasteiger partial charge in [0.15, 0.2) is 0 Å². The van der Waals surface area contributed by atoms with E-state index in [-0.39, 0.29) is 4.70 Å². The summed E-state index contributed by atoms with van der Waals surface area (Å²) < 4.78 is 0. The van der Waals surface area contributed by atoms with Crippen LogP contribution in [-0.2, 0) is 0 Å². The predicted molar refractivity (Wildman–Crippen MR) is 38.0 cm³/mol. The van der Waals surface area contributed by atoms with Crippen molar-refractivity contribution in [2.45, 2.75) is 6.92 Å². The van der Waals surface area contributed by atoms with Crippen LogP contribution < -0.4 is 0 Å². The third kappa shape index (κ3) is 2.31. The lowest BCUT2D eigenvalue weighted by Gasteiger charge is -2.16. The molecule has 0 aliphatic carbocycles. The highest BCUT2D eigenvalue weighted by molar-refractivity contribution is 5.08. The third-order valence-corrected chi connectivity index (χ3v) is 1.29. The van der Waals surface area contributed by atoms with Crippen LogP contribution in [0.3, 0.4) is 0 Å². The maximum Gasteiger partial charge on any atom is 0.0356 e.